The van der Waals surface area contributed by atoms with E-state index in [0.717, 1.165) is 5.56 Å². The molecule has 2 heterocycles. The van der Waals surface area contributed by atoms with E-state index in [9.17, 15) is 19.1 Å². The van der Waals surface area contributed by atoms with Crippen LogP contribution in [-0.2, 0) is 20.8 Å². The van der Waals surface area contributed by atoms with Crippen molar-refractivity contribution >= 4 is 35.0 Å². The van der Waals surface area contributed by atoms with Gasteiger partial charge in [-0.2, -0.15) is 0 Å². The minimum atomic E-state index is -0.892. The molecule has 2 aliphatic rings. The molecular weight excluding hydrogens is 498 g/mol. The fourth-order valence-corrected chi connectivity index (χ4v) is 4.81. The van der Waals surface area contributed by atoms with Gasteiger partial charge in [0.25, 0.3) is 5.91 Å². The number of aliphatic hydroxyl groups is 1. The average molecular weight is 525 g/mol. The second-order valence-electron chi connectivity index (χ2n) is 8.80. The summed E-state index contributed by atoms with van der Waals surface area (Å²) in [5.41, 5.74) is 0.774. The molecule has 35 heavy (non-hydrogen) atoms. The van der Waals surface area contributed by atoms with Crippen LogP contribution in [-0.4, -0.2) is 65.9 Å². The standard InChI is InChI=1S/C25H27Cl2FN2O5/c26-19-7-5-15(9-20(19)27)11-29-24(32)10-17-6-8-22-23(35-17)14-34-13-16(31)12-30(22)25(33)18-3-1-2-4-21(18)28/h1-5,7,9,16-17,22-23,31H,6,8,10-14H2,(H,29,32)/t16-,17+,22-,23+/m1/s1. The molecular formula is C25H27Cl2FN2O5. The Morgan fingerprint density at radius 1 is 1.11 bits per heavy atom. The van der Waals surface area contributed by atoms with E-state index in [0.29, 0.717) is 29.4 Å². The SMILES string of the molecule is O=C(C[C@@H]1CC[C@@H]2[C@H](COC[C@H](O)CN2C(=O)c2ccccc2F)O1)NCc1ccc(Cl)c(Cl)c1. The molecule has 0 radical (unpaired) electrons. The molecule has 10 heteroatoms. The molecule has 2 aromatic carbocycles. The topological polar surface area (TPSA) is 88.1 Å². The molecule has 0 saturated carbocycles. The third kappa shape index (κ3) is 6.51. The van der Waals surface area contributed by atoms with Gasteiger partial charge in [0.2, 0.25) is 5.91 Å². The first kappa shape index (κ1) is 25.9. The molecule has 0 bridgehead atoms. The summed E-state index contributed by atoms with van der Waals surface area (Å²) in [7, 11) is 0. The minimum Gasteiger partial charge on any atom is -0.389 e. The summed E-state index contributed by atoms with van der Waals surface area (Å²) in [6.07, 6.45) is -0.543. The van der Waals surface area contributed by atoms with E-state index in [1.54, 1.807) is 24.3 Å². The maximum absolute atomic E-state index is 14.3. The van der Waals surface area contributed by atoms with Crippen molar-refractivity contribution in [2.75, 3.05) is 19.8 Å². The van der Waals surface area contributed by atoms with Crippen LogP contribution in [0.15, 0.2) is 42.5 Å². The zero-order chi connectivity index (χ0) is 24.9. The summed E-state index contributed by atoms with van der Waals surface area (Å²) in [5, 5.41) is 14.0. The minimum absolute atomic E-state index is 0.00645. The summed E-state index contributed by atoms with van der Waals surface area (Å²) < 4.78 is 26.1. The second kappa shape index (κ2) is 11.7. The van der Waals surface area contributed by atoms with Crippen LogP contribution >= 0.6 is 23.2 Å². The predicted molar refractivity (Wildman–Crippen MR) is 129 cm³/mol. The van der Waals surface area contributed by atoms with E-state index in [-0.39, 0.29) is 43.8 Å². The number of rotatable bonds is 5. The van der Waals surface area contributed by atoms with Crippen LogP contribution in [0.2, 0.25) is 10.0 Å². The molecule has 0 aromatic heterocycles. The molecule has 0 unspecified atom stereocenters. The van der Waals surface area contributed by atoms with Crippen molar-refractivity contribution in [3.63, 3.8) is 0 Å². The van der Waals surface area contributed by atoms with E-state index in [4.69, 9.17) is 32.7 Å². The number of nitrogens with zero attached hydrogens (tertiary/aromatic N) is 1. The molecule has 2 aliphatic heterocycles. The number of aliphatic hydroxyl groups excluding tert-OH is 1. The number of hydrogen-bond donors (Lipinski definition) is 2. The quantitative estimate of drug-likeness (QED) is 0.623. The Morgan fingerprint density at radius 3 is 2.69 bits per heavy atom. The van der Waals surface area contributed by atoms with Gasteiger partial charge in [0.05, 0.1) is 53.5 Å². The van der Waals surface area contributed by atoms with Crippen LogP contribution in [0.1, 0.15) is 35.2 Å². The second-order valence-corrected chi connectivity index (χ2v) is 9.61. The van der Waals surface area contributed by atoms with Crippen LogP contribution in [0, 0.1) is 5.82 Å². The molecule has 2 saturated heterocycles. The Bertz CT molecular complexity index is 1070. The zero-order valence-electron chi connectivity index (χ0n) is 19.0. The molecule has 2 amide bonds. The van der Waals surface area contributed by atoms with Gasteiger partial charge >= 0.3 is 0 Å². The molecule has 188 valence electrons. The van der Waals surface area contributed by atoms with E-state index in [1.807, 2.05) is 0 Å². The summed E-state index contributed by atoms with van der Waals surface area (Å²) in [6.45, 7) is 0.500. The Morgan fingerprint density at radius 2 is 1.91 bits per heavy atom. The Balaban J connectivity index is 1.39. The highest BCUT2D eigenvalue weighted by atomic mass is 35.5. The number of hydrogen-bond acceptors (Lipinski definition) is 5. The van der Waals surface area contributed by atoms with Gasteiger partial charge in [-0.1, -0.05) is 41.4 Å². The van der Waals surface area contributed by atoms with Gasteiger partial charge in [-0.25, -0.2) is 4.39 Å². The normalized spacial score (nSPS) is 24.7. The Labute approximate surface area is 213 Å². The van der Waals surface area contributed by atoms with Crippen molar-refractivity contribution in [1.29, 1.82) is 0 Å². The van der Waals surface area contributed by atoms with Crippen LogP contribution < -0.4 is 5.32 Å². The number of carbonyl (C=O) groups is 2. The average Bonchev–Trinajstić information content (AvgIpc) is 2.82. The number of nitrogens with one attached hydrogen (secondary N) is 1. The van der Waals surface area contributed by atoms with Gasteiger partial charge in [-0.15, -0.1) is 0 Å². The lowest BCUT2D eigenvalue weighted by Crippen LogP contribution is -2.57. The molecule has 2 aromatic rings. The monoisotopic (exact) mass is 524 g/mol. The lowest BCUT2D eigenvalue weighted by atomic mass is 9.94. The maximum Gasteiger partial charge on any atom is 0.257 e. The number of carbonyl (C=O) groups excluding carboxylic acids is 2. The maximum atomic E-state index is 14.3. The fourth-order valence-electron chi connectivity index (χ4n) is 4.49. The van der Waals surface area contributed by atoms with Gasteiger partial charge in [0.1, 0.15) is 11.9 Å². The molecule has 0 aliphatic carbocycles. The van der Waals surface area contributed by atoms with Crippen LogP contribution in [0.25, 0.3) is 0 Å². The van der Waals surface area contributed by atoms with Crippen LogP contribution in [0.5, 0.6) is 0 Å². The smallest absolute Gasteiger partial charge is 0.257 e. The zero-order valence-corrected chi connectivity index (χ0v) is 20.5. The summed E-state index contributed by atoms with van der Waals surface area (Å²) in [6, 6.07) is 10.5. The summed E-state index contributed by atoms with van der Waals surface area (Å²) in [4.78, 5) is 27.2. The number of benzene rings is 2. The summed E-state index contributed by atoms with van der Waals surface area (Å²) >= 11 is 12.0. The Hall–Kier alpha value is -2.23. The van der Waals surface area contributed by atoms with Crippen LogP contribution in [0.3, 0.4) is 0 Å². The number of halogens is 3. The molecule has 4 atom stereocenters. The van der Waals surface area contributed by atoms with Gasteiger partial charge in [-0.3, -0.25) is 9.59 Å². The van der Waals surface area contributed by atoms with Gasteiger partial charge in [0, 0.05) is 13.1 Å². The molecule has 7 nitrogen and oxygen atoms in total. The van der Waals surface area contributed by atoms with Crippen molar-refractivity contribution in [3.05, 3.63) is 69.5 Å². The number of β-amino-alcohol motifs (C(OH)–C–C–N with tert-alkyl or cyclic N) is 1. The van der Waals surface area contributed by atoms with Crippen molar-refractivity contribution in [1.82, 2.24) is 10.2 Å². The molecule has 0 spiro atoms. The molecule has 2 N–H and O–H groups in total. The van der Waals surface area contributed by atoms with E-state index < -0.39 is 30.0 Å². The predicted octanol–water partition coefficient (Wildman–Crippen LogP) is 3.59. The highest BCUT2D eigenvalue weighted by Gasteiger charge is 2.40. The highest BCUT2D eigenvalue weighted by Crippen LogP contribution is 2.29. The van der Waals surface area contributed by atoms with Crippen molar-refractivity contribution in [2.45, 2.75) is 50.2 Å². The lowest BCUT2D eigenvalue weighted by molar-refractivity contribution is -0.151. The number of amides is 2. The van der Waals surface area contributed by atoms with Crippen LogP contribution in [0.4, 0.5) is 4.39 Å². The number of ether oxygens (including phenoxy) is 2. The third-order valence-electron chi connectivity index (χ3n) is 6.23. The van der Waals surface area contributed by atoms with Gasteiger partial charge in [0.15, 0.2) is 0 Å². The first-order chi connectivity index (χ1) is 16.8. The first-order valence-electron chi connectivity index (χ1n) is 11.5. The van der Waals surface area contributed by atoms with Crippen molar-refractivity contribution in [2.24, 2.45) is 0 Å². The van der Waals surface area contributed by atoms with E-state index >= 15 is 0 Å². The van der Waals surface area contributed by atoms with Gasteiger partial charge in [-0.05, 0) is 42.7 Å². The lowest BCUT2D eigenvalue weighted by Gasteiger charge is -2.44. The summed E-state index contributed by atoms with van der Waals surface area (Å²) in [5.74, 6) is -1.29. The molecule has 2 fully saturated rings. The van der Waals surface area contributed by atoms with Crippen molar-refractivity contribution in [3.8, 4) is 0 Å². The van der Waals surface area contributed by atoms with Gasteiger partial charge < -0.3 is 24.8 Å². The molecule has 4 rings (SSSR count). The number of fused-ring (bicyclic) bond motifs is 1. The van der Waals surface area contributed by atoms with E-state index in [1.165, 1.54) is 23.1 Å². The third-order valence-corrected chi connectivity index (χ3v) is 6.97. The van der Waals surface area contributed by atoms with E-state index in [2.05, 4.69) is 5.32 Å². The Kier molecular flexibility index (Phi) is 8.62. The largest absolute Gasteiger partial charge is 0.389 e. The first-order valence-corrected chi connectivity index (χ1v) is 12.2. The van der Waals surface area contributed by atoms with Crippen molar-refractivity contribution < 1.29 is 28.6 Å². The highest BCUT2D eigenvalue weighted by molar-refractivity contribution is 6.42. The fraction of sp³-hybridized carbons (Fsp3) is 0.440.